The van der Waals surface area contributed by atoms with E-state index < -0.39 is 11.2 Å². The minimum atomic E-state index is -0.535. The van der Waals surface area contributed by atoms with Crippen molar-refractivity contribution in [1.29, 1.82) is 0 Å². The number of benzene rings is 2. The molecule has 0 atom stereocenters. The maximum Gasteiger partial charge on any atom is 0.329 e. The average molecular weight is 438 g/mol. The Kier molecular flexibility index (Phi) is 5.12. The molecule has 0 fully saturated rings. The lowest BCUT2D eigenvalue weighted by atomic mass is 10.1. The number of carbonyl (C=O) groups excluding carboxylic acids is 1. The molecule has 0 spiro atoms. The van der Waals surface area contributed by atoms with Crippen LogP contribution in [0.1, 0.15) is 21.7 Å². The van der Waals surface area contributed by atoms with Crippen molar-refractivity contribution in [1.82, 2.24) is 30.0 Å². The van der Waals surface area contributed by atoms with Crippen molar-refractivity contribution in [2.24, 2.45) is 0 Å². The van der Waals surface area contributed by atoms with E-state index in [0.29, 0.717) is 27.9 Å². The molecule has 9 nitrogen and oxygen atoms in total. The fourth-order valence-corrected chi connectivity index (χ4v) is 3.66. The lowest BCUT2D eigenvalue weighted by Crippen LogP contribution is -2.38. The predicted molar refractivity (Wildman–Crippen MR) is 123 cm³/mol. The molecule has 33 heavy (non-hydrogen) atoms. The summed E-state index contributed by atoms with van der Waals surface area (Å²) in [5.74, 6) is 0.242. The molecule has 0 radical (unpaired) electrons. The Balaban J connectivity index is 1.45. The number of aromatic amines is 1. The van der Waals surface area contributed by atoms with Crippen molar-refractivity contribution in [2.75, 3.05) is 0 Å². The molecular weight excluding hydrogens is 420 g/mol. The standard InChI is InChI=1S/C24H18N6O3/c31-22-19-8-3-4-9-20(19)29(24(33)28-22)15-17-6-1-2-7-18(17)23(32)30-13-10-16(14-27-30)21-25-11-5-12-26-21/h1-14,27H,15H2,(H,28,31,33). The van der Waals surface area contributed by atoms with Gasteiger partial charge in [-0.3, -0.25) is 24.6 Å². The number of hydrazine groups is 1. The average Bonchev–Trinajstić information content (AvgIpc) is 2.87. The third-order valence-corrected chi connectivity index (χ3v) is 5.29. The van der Waals surface area contributed by atoms with Crippen molar-refractivity contribution >= 4 is 22.4 Å². The number of amides is 1. The number of carbonyl (C=O) groups is 1. The summed E-state index contributed by atoms with van der Waals surface area (Å²) in [4.78, 5) is 48.7. The van der Waals surface area contributed by atoms with Crippen molar-refractivity contribution in [3.05, 3.63) is 123 Å². The van der Waals surface area contributed by atoms with E-state index in [0.717, 1.165) is 5.57 Å². The van der Waals surface area contributed by atoms with Crippen LogP contribution in [0, 0.1) is 0 Å². The molecule has 3 heterocycles. The van der Waals surface area contributed by atoms with E-state index in [1.807, 2.05) is 0 Å². The Morgan fingerprint density at radius 1 is 0.939 bits per heavy atom. The van der Waals surface area contributed by atoms with E-state index >= 15 is 0 Å². The third kappa shape index (κ3) is 3.83. The van der Waals surface area contributed by atoms with Gasteiger partial charge in [-0.2, -0.15) is 0 Å². The van der Waals surface area contributed by atoms with E-state index in [1.54, 1.807) is 85.5 Å². The van der Waals surface area contributed by atoms with Gasteiger partial charge in [0.2, 0.25) is 0 Å². The van der Waals surface area contributed by atoms with Crippen LogP contribution in [0.2, 0.25) is 0 Å². The molecule has 1 aliphatic rings. The zero-order valence-electron chi connectivity index (χ0n) is 17.3. The van der Waals surface area contributed by atoms with Gasteiger partial charge in [0.1, 0.15) is 0 Å². The number of allylic oxidation sites excluding steroid dienone is 2. The van der Waals surface area contributed by atoms with Crippen LogP contribution in [0.3, 0.4) is 0 Å². The van der Waals surface area contributed by atoms with Gasteiger partial charge in [0.15, 0.2) is 5.82 Å². The molecule has 0 aliphatic carbocycles. The first-order valence-corrected chi connectivity index (χ1v) is 10.2. The van der Waals surface area contributed by atoms with Gasteiger partial charge >= 0.3 is 5.69 Å². The molecule has 9 heteroatoms. The second kappa shape index (κ2) is 8.39. The Hall–Kier alpha value is -4.79. The van der Waals surface area contributed by atoms with Crippen molar-refractivity contribution < 1.29 is 4.79 Å². The number of hydrogen-bond donors (Lipinski definition) is 2. The summed E-state index contributed by atoms with van der Waals surface area (Å²) in [7, 11) is 0. The van der Waals surface area contributed by atoms with Crippen molar-refractivity contribution in [2.45, 2.75) is 6.54 Å². The number of rotatable bonds is 4. The highest BCUT2D eigenvalue weighted by Gasteiger charge is 2.20. The maximum absolute atomic E-state index is 13.3. The van der Waals surface area contributed by atoms with Gasteiger partial charge in [0, 0.05) is 35.9 Å². The minimum Gasteiger partial charge on any atom is -0.298 e. The van der Waals surface area contributed by atoms with Crippen LogP contribution in [0.5, 0.6) is 0 Å². The number of para-hydroxylation sites is 1. The number of aromatic nitrogens is 4. The van der Waals surface area contributed by atoms with Crippen LogP contribution in [0.25, 0.3) is 16.5 Å². The van der Waals surface area contributed by atoms with Crippen molar-refractivity contribution in [3.8, 4) is 0 Å². The summed E-state index contributed by atoms with van der Waals surface area (Å²) in [6.07, 6.45) is 8.29. The molecule has 4 aromatic rings. The zero-order chi connectivity index (χ0) is 22.8. The van der Waals surface area contributed by atoms with Crippen LogP contribution in [-0.2, 0) is 6.54 Å². The van der Waals surface area contributed by atoms with E-state index in [4.69, 9.17) is 0 Å². The van der Waals surface area contributed by atoms with Crippen LogP contribution in [0.4, 0.5) is 0 Å². The molecule has 1 aliphatic heterocycles. The summed E-state index contributed by atoms with van der Waals surface area (Å²) in [5.41, 5.74) is 4.26. The molecule has 1 amide bonds. The lowest BCUT2D eigenvalue weighted by Gasteiger charge is -2.23. The smallest absolute Gasteiger partial charge is 0.298 e. The van der Waals surface area contributed by atoms with E-state index in [-0.39, 0.29) is 12.5 Å². The van der Waals surface area contributed by atoms with Gasteiger partial charge in [-0.05, 0) is 35.9 Å². The molecule has 2 aromatic heterocycles. The zero-order valence-corrected chi connectivity index (χ0v) is 17.3. The Bertz CT molecular complexity index is 1540. The van der Waals surface area contributed by atoms with Gasteiger partial charge in [-0.1, -0.05) is 30.3 Å². The first-order chi connectivity index (χ1) is 16.1. The maximum atomic E-state index is 13.3. The molecule has 2 aromatic carbocycles. The fourth-order valence-electron chi connectivity index (χ4n) is 3.66. The number of hydrogen-bond acceptors (Lipinski definition) is 6. The third-order valence-electron chi connectivity index (χ3n) is 5.29. The molecule has 0 saturated heterocycles. The van der Waals surface area contributed by atoms with Crippen LogP contribution < -0.4 is 16.7 Å². The molecule has 2 N–H and O–H groups in total. The topological polar surface area (TPSA) is 113 Å². The highest BCUT2D eigenvalue weighted by Crippen LogP contribution is 2.18. The van der Waals surface area contributed by atoms with Crippen LogP contribution in [0.15, 0.2) is 95.1 Å². The quantitative estimate of drug-likeness (QED) is 0.504. The number of nitrogens with one attached hydrogen (secondary N) is 2. The predicted octanol–water partition coefficient (Wildman–Crippen LogP) is 2.04. The Morgan fingerprint density at radius 2 is 1.70 bits per heavy atom. The second-order valence-corrected chi connectivity index (χ2v) is 7.31. The lowest BCUT2D eigenvalue weighted by molar-refractivity contribution is 0.0779. The normalized spacial score (nSPS) is 13.0. The van der Waals surface area contributed by atoms with Gasteiger partial charge in [-0.25, -0.2) is 19.8 Å². The largest absolute Gasteiger partial charge is 0.329 e. The van der Waals surface area contributed by atoms with Crippen LogP contribution >= 0.6 is 0 Å². The summed E-state index contributed by atoms with van der Waals surface area (Å²) in [6.45, 7) is 0.120. The molecule has 162 valence electrons. The summed E-state index contributed by atoms with van der Waals surface area (Å²) in [5, 5.41) is 1.75. The highest BCUT2D eigenvalue weighted by molar-refractivity contribution is 5.96. The minimum absolute atomic E-state index is 0.120. The molecule has 0 unspecified atom stereocenters. The van der Waals surface area contributed by atoms with Gasteiger partial charge in [0.25, 0.3) is 11.5 Å². The summed E-state index contributed by atoms with van der Waals surface area (Å²) in [6, 6.07) is 15.6. The van der Waals surface area contributed by atoms with E-state index in [1.165, 1.54) is 9.58 Å². The molecule has 0 saturated carbocycles. The number of nitrogens with zero attached hydrogens (tertiary/aromatic N) is 4. The second-order valence-electron chi connectivity index (χ2n) is 7.31. The van der Waals surface area contributed by atoms with E-state index in [2.05, 4.69) is 20.4 Å². The Morgan fingerprint density at radius 3 is 2.48 bits per heavy atom. The van der Waals surface area contributed by atoms with Gasteiger partial charge in [0.05, 0.1) is 17.4 Å². The molecule has 0 bridgehead atoms. The fraction of sp³-hybridized carbons (Fsp3) is 0.0417. The first-order valence-electron chi connectivity index (χ1n) is 10.2. The Labute approximate surface area is 187 Å². The highest BCUT2D eigenvalue weighted by atomic mass is 16.2. The molecule has 5 rings (SSSR count). The van der Waals surface area contributed by atoms with Gasteiger partial charge < -0.3 is 0 Å². The molecular formula is C24H18N6O3. The summed E-state index contributed by atoms with van der Waals surface area (Å²) >= 11 is 0. The van der Waals surface area contributed by atoms with E-state index in [9.17, 15) is 14.4 Å². The number of fused-ring (bicyclic) bond motifs is 1. The SMILES string of the molecule is O=C(c1ccccc1Cn1c(=O)[nH]c(=O)c2ccccc21)N1C=CC(c2ncccn2)=CN1. The van der Waals surface area contributed by atoms with Crippen LogP contribution in [-0.4, -0.2) is 30.4 Å². The summed E-state index contributed by atoms with van der Waals surface area (Å²) < 4.78 is 1.45. The number of H-pyrrole nitrogens is 1. The van der Waals surface area contributed by atoms with Gasteiger partial charge in [-0.15, -0.1) is 0 Å². The monoisotopic (exact) mass is 438 g/mol. The van der Waals surface area contributed by atoms with Crippen molar-refractivity contribution in [3.63, 3.8) is 0 Å². The first kappa shape index (κ1) is 20.1.